The number of thioether (sulfide) groups is 1. The Morgan fingerprint density at radius 2 is 2.10 bits per heavy atom. The van der Waals surface area contributed by atoms with E-state index in [4.69, 9.17) is 4.74 Å². The number of benzene rings is 1. The molecule has 0 saturated carbocycles. The lowest BCUT2D eigenvalue weighted by atomic mass is 9.92. The number of rotatable bonds is 7. The molecule has 0 fully saturated rings. The molecule has 1 amide bonds. The normalized spacial score (nSPS) is 14.2. The molecule has 0 bridgehead atoms. The van der Waals surface area contributed by atoms with E-state index in [9.17, 15) is 4.79 Å². The minimum atomic E-state index is -0.327. The van der Waals surface area contributed by atoms with Crippen molar-refractivity contribution in [1.29, 1.82) is 0 Å². The number of hydrogen-bond donors (Lipinski definition) is 1. The van der Waals surface area contributed by atoms with Crippen molar-refractivity contribution in [3.8, 4) is 5.75 Å². The van der Waals surface area contributed by atoms with Crippen molar-refractivity contribution in [1.82, 2.24) is 19.7 Å². The number of nitrogens with one attached hydrogen (secondary N) is 1. The van der Waals surface area contributed by atoms with E-state index in [0.29, 0.717) is 16.9 Å². The standard InChI is InChI=1S/C21H25N5O2S2/c1-13-12-29-20(22-13)23-19(27)14(2)30-21-25-24-18(26(21)3)11-28-17-9-8-15-6-4-5-7-16(15)10-17/h8-10,12,14H,4-7,11H2,1-3H3,(H,22,23,27)/t14-/m0/s1. The molecule has 0 spiro atoms. The highest BCUT2D eigenvalue weighted by molar-refractivity contribution is 8.00. The summed E-state index contributed by atoms with van der Waals surface area (Å²) in [4.78, 5) is 16.7. The molecule has 9 heteroatoms. The topological polar surface area (TPSA) is 81.9 Å². The fourth-order valence-electron chi connectivity index (χ4n) is 3.35. The van der Waals surface area contributed by atoms with Crippen molar-refractivity contribution in [2.45, 2.75) is 56.5 Å². The maximum atomic E-state index is 12.4. The number of nitrogens with zero attached hydrogens (tertiary/aromatic N) is 4. The zero-order valence-corrected chi connectivity index (χ0v) is 19.0. The molecule has 2 heterocycles. The average Bonchev–Trinajstić information content (AvgIpc) is 3.31. The fourth-order valence-corrected chi connectivity index (χ4v) is 4.88. The van der Waals surface area contributed by atoms with Crippen LogP contribution < -0.4 is 10.1 Å². The molecule has 4 rings (SSSR count). The number of anilines is 1. The van der Waals surface area contributed by atoms with Crippen molar-refractivity contribution in [3.05, 3.63) is 46.2 Å². The van der Waals surface area contributed by atoms with Crippen molar-refractivity contribution in [3.63, 3.8) is 0 Å². The first kappa shape index (κ1) is 20.9. The molecule has 30 heavy (non-hydrogen) atoms. The highest BCUT2D eigenvalue weighted by atomic mass is 32.2. The van der Waals surface area contributed by atoms with Gasteiger partial charge < -0.3 is 14.6 Å². The first-order valence-corrected chi connectivity index (χ1v) is 11.8. The summed E-state index contributed by atoms with van der Waals surface area (Å²) in [5, 5.41) is 14.2. The van der Waals surface area contributed by atoms with Crippen LogP contribution in [0.15, 0.2) is 28.7 Å². The monoisotopic (exact) mass is 443 g/mol. The third kappa shape index (κ3) is 4.84. The number of hydrogen-bond acceptors (Lipinski definition) is 7. The van der Waals surface area contributed by atoms with E-state index in [1.807, 2.05) is 36.9 Å². The molecule has 1 atom stereocenters. The van der Waals surface area contributed by atoms with Crippen LogP contribution in [-0.2, 0) is 31.3 Å². The van der Waals surface area contributed by atoms with Crippen LogP contribution in [-0.4, -0.2) is 30.9 Å². The van der Waals surface area contributed by atoms with E-state index >= 15 is 0 Å². The fraction of sp³-hybridized carbons (Fsp3) is 0.429. The van der Waals surface area contributed by atoms with Gasteiger partial charge in [0.25, 0.3) is 0 Å². The highest BCUT2D eigenvalue weighted by Gasteiger charge is 2.20. The third-order valence-corrected chi connectivity index (χ3v) is 7.12. The number of aromatic nitrogens is 4. The molecule has 2 aromatic heterocycles. The van der Waals surface area contributed by atoms with Gasteiger partial charge in [-0.15, -0.1) is 21.5 Å². The van der Waals surface area contributed by atoms with Gasteiger partial charge in [0.2, 0.25) is 5.91 Å². The van der Waals surface area contributed by atoms with Crippen LogP contribution in [0.1, 0.15) is 42.4 Å². The van der Waals surface area contributed by atoms with Gasteiger partial charge in [-0.25, -0.2) is 4.98 Å². The largest absolute Gasteiger partial charge is 0.486 e. The van der Waals surface area contributed by atoms with Crippen LogP contribution in [0, 0.1) is 6.92 Å². The van der Waals surface area contributed by atoms with Gasteiger partial charge in [0.05, 0.1) is 10.9 Å². The van der Waals surface area contributed by atoms with Gasteiger partial charge in [-0.05, 0) is 62.8 Å². The Labute approximate surface area is 184 Å². The summed E-state index contributed by atoms with van der Waals surface area (Å²) in [6.07, 6.45) is 4.80. The van der Waals surface area contributed by atoms with E-state index in [0.717, 1.165) is 30.1 Å². The molecule has 1 aliphatic carbocycles. The number of carbonyl (C=O) groups excluding carboxylic acids is 1. The summed E-state index contributed by atoms with van der Waals surface area (Å²) < 4.78 is 7.84. The second kappa shape index (κ2) is 9.18. The van der Waals surface area contributed by atoms with E-state index in [2.05, 4.69) is 32.6 Å². The van der Waals surface area contributed by atoms with Crippen LogP contribution in [0.4, 0.5) is 5.13 Å². The molecule has 0 unspecified atom stereocenters. The van der Waals surface area contributed by atoms with Gasteiger partial charge >= 0.3 is 0 Å². The Bertz CT molecular complexity index is 1050. The van der Waals surface area contributed by atoms with Gasteiger partial charge in [0.15, 0.2) is 16.1 Å². The summed E-state index contributed by atoms with van der Waals surface area (Å²) in [6, 6.07) is 6.35. The van der Waals surface area contributed by atoms with Gasteiger partial charge in [0.1, 0.15) is 12.4 Å². The summed E-state index contributed by atoms with van der Waals surface area (Å²) >= 11 is 2.78. The molecule has 158 valence electrons. The predicted molar refractivity (Wildman–Crippen MR) is 119 cm³/mol. The van der Waals surface area contributed by atoms with Crippen molar-refractivity contribution in [2.24, 2.45) is 7.05 Å². The summed E-state index contributed by atoms with van der Waals surface area (Å²) in [5.74, 6) is 1.47. The maximum absolute atomic E-state index is 12.4. The Balaban J connectivity index is 1.34. The van der Waals surface area contributed by atoms with E-state index < -0.39 is 0 Å². The van der Waals surface area contributed by atoms with Crippen LogP contribution in [0.5, 0.6) is 5.75 Å². The van der Waals surface area contributed by atoms with E-state index in [-0.39, 0.29) is 11.2 Å². The smallest absolute Gasteiger partial charge is 0.239 e. The number of aryl methyl sites for hydroxylation is 3. The number of fused-ring (bicyclic) bond motifs is 1. The van der Waals surface area contributed by atoms with Gasteiger partial charge in [0, 0.05) is 12.4 Å². The molecule has 1 N–H and O–H groups in total. The Morgan fingerprint density at radius 3 is 2.87 bits per heavy atom. The Morgan fingerprint density at radius 1 is 1.30 bits per heavy atom. The number of thiazole rings is 1. The predicted octanol–water partition coefficient (Wildman–Crippen LogP) is 4.16. The SMILES string of the molecule is Cc1csc(NC(=O)[C@H](C)Sc2nnc(COc3ccc4c(c3)CCCC4)n2C)n1. The molecule has 7 nitrogen and oxygen atoms in total. The molecule has 0 radical (unpaired) electrons. The molecule has 1 aromatic carbocycles. The van der Waals surface area contributed by atoms with Crippen LogP contribution in [0.2, 0.25) is 0 Å². The zero-order valence-electron chi connectivity index (χ0n) is 17.3. The van der Waals surface area contributed by atoms with Crippen LogP contribution in [0.3, 0.4) is 0 Å². The first-order valence-electron chi connectivity index (χ1n) is 10.0. The van der Waals surface area contributed by atoms with Crippen molar-refractivity contribution >= 4 is 34.1 Å². The zero-order chi connectivity index (χ0) is 21.1. The molecular formula is C21H25N5O2S2. The van der Waals surface area contributed by atoms with Crippen molar-refractivity contribution < 1.29 is 9.53 Å². The van der Waals surface area contributed by atoms with E-state index in [1.165, 1.54) is 47.1 Å². The maximum Gasteiger partial charge on any atom is 0.239 e. The van der Waals surface area contributed by atoms with Crippen LogP contribution in [0.25, 0.3) is 0 Å². The summed E-state index contributed by atoms with van der Waals surface area (Å²) in [5.41, 5.74) is 3.72. The molecule has 3 aromatic rings. The molecular weight excluding hydrogens is 418 g/mol. The minimum Gasteiger partial charge on any atom is -0.486 e. The highest BCUT2D eigenvalue weighted by Crippen LogP contribution is 2.27. The van der Waals surface area contributed by atoms with Gasteiger partial charge in [-0.3, -0.25) is 4.79 Å². The minimum absolute atomic E-state index is 0.107. The average molecular weight is 444 g/mol. The lowest BCUT2D eigenvalue weighted by Gasteiger charge is -2.16. The van der Waals surface area contributed by atoms with Crippen LogP contribution >= 0.6 is 23.1 Å². The van der Waals surface area contributed by atoms with E-state index in [1.54, 1.807) is 0 Å². The Hall–Kier alpha value is -2.39. The quantitative estimate of drug-likeness (QED) is 0.552. The Kier molecular flexibility index (Phi) is 6.38. The second-order valence-corrected chi connectivity index (χ2v) is 9.59. The molecule has 0 aliphatic heterocycles. The van der Waals surface area contributed by atoms with Gasteiger partial charge in [-0.2, -0.15) is 0 Å². The summed E-state index contributed by atoms with van der Waals surface area (Å²) in [6.45, 7) is 4.08. The lowest BCUT2D eigenvalue weighted by molar-refractivity contribution is -0.115. The second-order valence-electron chi connectivity index (χ2n) is 7.43. The summed E-state index contributed by atoms with van der Waals surface area (Å²) in [7, 11) is 1.89. The lowest BCUT2D eigenvalue weighted by Crippen LogP contribution is -2.22. The first-order chi connectivity index (χ1) is 14.5. The van der Waals surface area contributed by atoms with Gasteiger partial charge in [-0.1, -0.05) is 17.8 Å². The molecule has 1 aliphatic rings. The number of amides is 1. The molecule has 0 saturated heterocycles. The number of ether oxygens (including phenoxy) is 1. The number of carbonyl (C=O) groups is 1. The third-order valence-electron chi connectivity index (χ3n) is 5.11. The van der Waals surface area contributed by atoms with Crippen molar-refractivity contribution in [2.75, 3.05) is 5.32 Å².